The highest BCUT2D eigenvalue weighted by Gasteiger charge is 2.36. The summed E-state index contributed by atoms with van der Waals surface area (Å²) in [7, 11) is 0. The Kier molecular flexibility index (Phi) is 5.14. The van der Waals surface area contributed by atoms with Crippen LogP contribution in [0.15, 0.2) is 11.8 Å². The van der Waals surface area contributed by atoms with Gasteiger partial charge in [0.1, 0.15) is 5.76 Å². The van der Waals surface area contributed by atoms with Gasteiger partial charge in [0.15, 0.2) is 6.61 Å². The molecule has 1 nitrogen and oxygen atoms in total. The van der Waals surface area contributed by atoms with Crippen LogP contribution in [0.5, 0.6) is 0 Å². The van der Waals surface area contributed by atoms with Crippen LogP contribution in [-0.2, 0) is 4.74 Å². The summed E-state index contributed by atoms with van der Waals surface area (Å²) in [4.78, 5) is 0. The zero-order valence-electron chi connectivity index (χ0n) is 7.75. The lowest BCUT2D eigenvalue weighted by Gasteiger charge is -2.16. The molecule has 10 heteroatoms. The van der Waals surface area contributed by atoms with E-state index in [4.69, 9.17) is 0 Å². The molecule has 1 atom stereocenters. The first kappa shape index (κ1) is 15.9. The first-order valence-electron chi connectivity index (χ1n) is 3.83. The minimum absolute atomic E-state index is 1.07. The molecule has 102 valence electrons. The number of hydrogen-bond donors (Lipinski definition) is 0. The standard InChI is InChI=1S/C7H5F9O/c8-4(5(9)10)3(1-6(11,12)13)17-2-7(14,15)16/h1,4-5H,2H2. The summed E-state index contributed by atoms with van der Waals surface area (Å²) in [5.41, 5.74) is 0. The zero-order chi connectivity index (χ0) is 13.9. The molecule has 0 rings (SSSR count). The highest BCUT2D eigenvalue weighted by atomic mass is 19.4. The van der Waals surface area contributed by atoms with Gasteiger partial charge in [-0.2, -0.15) is 26.3 Å². The molecule has 0 fully saturated rings. The average molecular weight is 276 g/mol. The molecule has 0 saturated carbocycles. The molecular formula is C7H5F9O. The Bertz CT molecular complexity index is 263. The summed E-state index contributed by atoms with van der Waals surface area (Å²) < 4.78 is 109. The van der Waals surface area contributed by atoms with E-state index in [9.17, 15) is 39.5 Å². The SMILES string of the molecule is FC(F)C(F)C(=CC(F)(F)F)OCC(F)(F)F. The van der Waals surface area contributed by atoms with Gasteiger partial charge in [0.25, 0.3) is 6.43 Å². The van der Waals surface area contributed by atoms with Gasteiger partial charge >= 0.3 is 12.4 Å². The Morgan fingerprint density at radius 1 is 1.00 bits per heavy atom. The molecule has 0 spiro atoms. The van der Waals surface area contributed by atoms with Crippen molar-refractivity contribution >= 4 is 0 Å². The van der Waals surface area contributed by atoms with Gasteiger partial charge in [-0.3, -0.25) is 0 Å². The molecule has 0 aliphatic rings. The van der Waals surface area contributed by atoms with Gasteiger partial charge in [-0.25, -0.2) is 13.2 Å². The van der Waals surface area contributed by atoms with Gasteiger partial charge < -0.3 is 4.74 Å². The summed E-state index contributed by atoms with van der Waals surface area (Å²) in [6.07, 6.45) is -18.9. The largest absolute Gasteiger partial charge is 0.485 e. The molecule has 17 heavy (non-hydrogen) atoms. The molecule has 0 radical (unpaired) electrons. The molecule has 0 bridgehead atoms. The van der Waals surface area contributed by atoms with Crippen molar-refractivity contribution in [1.29, 1.82) is 0 Å². The summed E-state index contributed by atoms with van der Waals surface area (Å²) >= 11 is 0. The van der Waals surface area contributed by atoms with Crippen LogP contribution in [0.2, 0.25) is 0 Å². The van der Waals surface area contributed by atoms with E-state index in [0.717, 1.165) is 0 Å². The Labute approximate surface area is 88.8 Å². The normalized spacial score (nSPS) is 16.2. The molecule has 0 aromatic rings. The molecule has 0 aliphatic heterocycles. The maximum absolute atomic E-state index is 12.5. The number of alkyl halides is 9. The fourth-order valence-electron chi connectivity index (χ4n) is 0.652. The predicted octanol–water partition coefficient (Wildman–Crippen LogP) is 3.61. The van der Waals surface area contributed by atoms with Crippen LogP contribution >= 0.6 is 0 Å². The quantitative estimate of drug-likeness (QED) is 0.563. The van der Waals surface area contributed by atoms with E-state index in [-0.39, 0.29) is 0 Å². The first-order chi connectivity index (χ1) is 7.42. The van der Waals surface area contributed by atoms with Crippen molar-refractivity contribution < 1.29 is 44.3 Å². The molecule has 0 saturated heterocycles. The Balaban J connectivity index is 4.82. The first-order valence-corrected chi connectivity index (χ1v) is 3.83. The number of allylic oxidation sites excluding steroid dienone is 2. The lowest BCUT2D eigenvalue weighted by atomic mass is 10.3. The molecule has 0 N–H and O–H groups in total. The van der Waals surface area contributed by atoms with Gasteiger partial charge in [-0.15, -0.1) is 0 Å². The van der Waals surface area contributed by atoms with Gasteiger partial charge in [0.2, 0.25) is 6.17 Å². The van der Waals surface area contributed by atoms with Crippen LogP contribution in [-0.4, -0.2) is 31.6 Å². The molecule has 1 unspecified atom stereocenters. The topological polar surface area (TPSA) is 9.23 Å². The number of hydrogen-bond acceptors (Lipinski definition) is 1. The van der Waals surface area contributed by atoms with Crippen LogP contribution in [0, 0.1) is 0 Å². The third-order valence-corrected chi connectivity index (χ3v) is 1.20. The summed E-state index contributed by atoms with van der Waals surface area (Å²) in [6, 6.07) is 0. The highest BCUT2D eigenvalue weighted by Crippen LogP contribution is 2.26. The molecular weight excluding hydrogens is 271 g/mol. The zero-order valence-corrected chi connectivity index (χ0v) is 7.75. The van der Waals surface area contributed by atoms with Crippen LogP contribution in [0.3, 0.4) is 0 Å². The second-order valence-corrected chi connectivity index (χ2v) is 2.73. The van der Waals surface area contributed by atoms with E-state index in [1.807, 2.05) is 0 Å². The average Bonchev–Trinajstić information content (AvgIpc) is 2.07. The highest BCUT2D eigenvalue weighted by molar-refractivity contribution is 5.05. The minimum Gasteiger partial charge on any atom is -0.485 e. The van der Waals surface area contributed by atoms with Crippen LogP contribution < -0.4 is 0 Å². The summed E-state index contributed by atoms with van der Waals surface area (Å²) in [5, 5.41) is 0. The van der Waals surface area contributed by atoms with Crippen LogP contribution in [0.4, 0.5) is 39.5 Å². The number of ether oxygens (including phenoxy) is 1. The maximum Gasteiger partial charge on any atom is 0.422 e. The van der Waals surface area contributed by atoms with Crippen molar-refractivity contribution in [3.63, 3.8) is 0 Å². The van der Waals surface area contributed by atoms with E-state index in [1.165, 1.54) is 0 Å². The van der Waals surface area contributed by atoms with E-state index >= 15 is 0 Å². The van der Waals surface area contributed by atoms with E-state index < -0.39 is 43.4 Å². The summed E-state index contributed by atoms with van der Waals surface area (Å²) in [5.74, 6) is -2.11. The van der Waals surface area contributed by atoms with Crippen molar-refractivity contribution in [1.82, 2.24) is 0 Å². The number of halogens is 9. The van der Waals surface area contributed by atoms with Crippen molar-refractivity contribution in [2.24, 2.45) is 0 Å². The smallest absolute Gasteiger partial charge is 0.422 e. The van der Waals surface area contributed by atoms with Gasteiger partial charge in [0.05, 0.1) is 6.08 Å². The van der Waals surface area contributed by atoms with E-state index in [0.29, 0.717) is 0 Å². The molecule has 0 heterocycles. The third-order valence-electron chi connectivity index (χ3n) is 1.20. The third kappa shape index (κ3) is 7.75. The van der Waals surface area contributed by atoms with Crippen molar-refractivity contribution in [2.75, 3.05) is 6.61 Å². The second kappa shape index (κ2) is 5.50. The number of rotatable bonds is 4. The Morgan fingerprint density at radius 2 is 1.47 bits per heavy atom. The lowest BCUT2D eigenvalue weighted by Crippen LogP contribution is -2.24. The second-order valence-electron chi connectivity index (χ2n) is 2.73. The van der Waals surface area contributed by atoms with Gasteiger partial charge in [-0.1, -0.05) is 0 Å². The van der Waals surface area contributed by atoms with E-state index in [2.05, 4.69) is 4.74 Å². The van der Waals surface area contributed by atoms with Crippen molar-refractivity contribution in [2.45, 2.75) is 24.9 Å². The van der Waals surface area contributed by atoms with Gasteiger partial charge in [-0.05, 0) is 0 Å². The Hall–Kier alpha value is -1.09. The fraction of sp³-hybridized carbons (Fsp3) is 0.714. The predicted molar refractivity (Wildman–Crippen MR) is 37.0 cm³/mol. The molecule has 0 aromatic carbocycles. The monoisotopic (exact) mass is 276 g/mol. The minimum atomic E-state index is -5.26. The van der Waals surface area contributed by atoms with Gasteiger partial charge in [0, 0.05) is 0 Å². The van der Waals surface area contributed by atoms with E-state index in [1.54, 1.807) is 0 Å². The maximum atomic E-state index is 12.5. The lowest BCUT2D eigenvalue weighted by molar-refractivity contribution is -0.170. The molecule has 0 aliphatic carbocycles. The van der Waals surface area contributed by atoms with Crippen LogP contribution in [0.25, 0.3) is 0 Å². The Morgan fingerprint density at radius 3 is 1.76 bits per heavy atom. The fourth-order valence-corrected chi connectivity index (χ4v) is 0.652. The van der Waals surface area contributed by atoms with Crippen molar-refractivity contribution in [3.8, 4) is 0 Å². The van der Waals surface area contributed by atoms with Crippen molar-refractivity contribution in [3.05, 3.63) is 11.8 Å². The van der Waals surface area contributed by atoms with Crippen LogP contribution in [0.1, 0.15) is 0 Å². The molecule has 0 amide bonds. The molecule has 0 aromatic heterocycles. The summed E-state index contributed by atoms with van der Waals surface area (Å²) in [6.45, 7) is -2.29.